The number of hydrogen-bond acceptors (Lipinski definition) is 3. The maximum Gasteiger partial charge on any atom is 0.252 e. The Hall–Kier alpha value is -2.58. The third kappa shape index (κ3) is 4.48. The quantitative estimate of drug-likeness (QED) is 0.806. The molecular weight excluding hydrogens is 266 g/mol. The number of nitrogens with one attached hydrogen (secondary N) is 1. The fourth-order valence-electron chi connectivity index (χ4n) is 1.82. The lowest BCUT2D eigenvalue weighted by molar-refractivity contribution is 0.0951. The smallest absolute Gasteiger partial charge is 0.252 e. The van der Waals surface area contributed by atoms with Crippen molar-refractivity contribution in [2.24, 2.45) is 0 Å². The van der Waals surface area contributed by atoms with Gasteiger partial charge in [-0.1, -0.05) is 24.0 Å². The van der Waals surface area contributed by atoms with Crippen LogP contribution in [0, 0.1) is 11.8 Å². The van der Waals surface area contributed by atoms with Gasteiger partial charge in [-0.2, -0.15) is 5.10 Å². The van der Waals surface area contributed by atoms with Crippen LogP contribution in [0.1, 0.15) is 22.3 Å². The van der Waals surface area contributed by atoms with Gasteiger partial charge in [0.05, 0.1) is 18.7 Å². The van der Waals surface area contributed by atoms with Gasteiger partial charge in [-0.25, -0.2) is 0 Å². The number of amides is 1. The lowest BCUT2D eigenvalue weighted by Gasteiger charge is -2.07. The molecule has 0 aliphatic carbocycles. The van der Waals surface area contributed by atoms with E-state index in [0.29, 0.717) is 30.6 Å². The molecule has 1 aromatic carbocycles. The summed E-state index contributed by atoms with van der Waals surface area (Å²) in [6.45, 7) is 1.14. The molecule has 2 rings (SSSR count). The first-order chi connectivity index (χ1) is 10.3. The van der Waals surface area contributed by atoms with Crippen LogP contribution < -0.4 is 5.32 Å². The van der Waals surface area contributed by atoms with Gasteiger partial charge in [-0.05, 0) is 18.2 Å². The summed E-state index contributed by atoms with van der Waals surface area (Å²) in [6.07, 6.45) is 3.95. The van der Waals surface area contributed by atoms with Crippen molar-refractivity contribution < 1.29 is 9.90 Å². The Bertz CT molecular complexity index is 639. The molecule has 5 nitrogen and oxygen atoms in total. The number of benzene rings is 1. The van der Waals surface area contributed by atoms with Crippen molar-refractivity contribution >= 4 is 5.91 Å². The number of carbonyl (C=O) groups is 1. The minimum atomic E-state index is -0.156. The molecule has 0 aliphatic heterocycles. The molecule has 0 saturated carbocycles. The summed E-state index contributed by atoms with van der Waals surface area (Å²) in [5.41, 5.74) is 1.21. The van der Waals surface area contributed by atoms with Gasteiger partial charge in [-0.3, -0.25) is 9.48 Å². The summed E-state index contributed by atoms with van der Waals surface area (Å²) >= 11 is 0. The number of nitrogens with zero attached hydrogens (tertiary/aromatic N) is 2. The van der Waals surface area contributed by atoms with E-state index in [1.807, 2.05) is 18.3 Å². The van der Waals surface area contributed by atoms with Gasteiger partial charge in [0.1, 0.15) is 0 Å². The first kappa shape index (κ1) is 14.8. The average Bonchev–Trinajstić information content (AvgIpc) is 3.01. The lowest BCUT2D eigenvalue weighted by atomic mass is 10.1. The summed E-state index contributed by atoms with van der Waals surface area (Å²) in [5, 5.41) is 15.7. The summed E-state index contributed by atoms with van der Waals surface area (Å²) in [5.74, 6) is 5.59. The van der Waals surface area contributed by atoms with Gasteiger partial charge in [0, 0.05) is 30.9 Å². The number of carbonyl (C=O) groups excluding carboxylic acids is 1. The van der Waals surface area contributed by atoms with Crippen LogP contribution in [-0.2, 0) is 6.54 Å². The highest BCUT2D eigenvalue weighted by Crippen LogP contribution is 2.07. The van der Waals surface area contributed by atoms with Crippen LogP contribution in [0.3, 0.4) is 0 Å². The van der Waals surface area contributed by atoms with E-state index in [9.17, 15) is 4.79 Å². The van der Waals surface area contributed by atoms with Crippen molar-refractivity contribution in [3.05, 3.63) is 53.9 Å². The number of aliphatic hydroxyl groups is 1. The molecule has 1 amide bonds. The second-order valence-corrected chi connectivity index (χ2v) is 4.35. The molecular formula is C16H17N3O2. The normalized spacial score (nSPS) is 9.76. The van der Waals surface area contributed by atoms with E-state index in [4.69, 9.17) is 5.11 Å². The standard InChI is InChI=1S/C16H17N3O2/c20-13-4-3-7-14-6-1-2-8-15(14)16(21)17-10-12-19-11-5-9-18-19/h1-2,5-6,8-9,11,20H,4,10,12-13H2,(H,17,21). The van der Waals surface area contributed by atoms with Crippen molar-refractivity contribution in [2.45, 2.75) is 13.0 Å². The molecule has 0 saturated heterocycles. The molecule has 1 aromatic heterocycles. The van der Waals surface area contributed by atoms with E-state index in [2.05, 4.69) is 22.3 Å². The zero-order valence-electron chi connectivity index (χ0n) is 11.6. The minimum Gasteiger partial charge on any atom is -0.395 e. The zero-order chi connectivity index (χ0) is 14.9. The Morgan fingerprint density at radius 3 is 2.95 bits per heavy atom. The largest absolute Gasteiger partial charge is 0.395 e. The molecule has 21 heavy (non-hydrogen) atoms. The summed E-state index contributed by atoms with van der Waals surface area (Å²) < 4.78 is 1.76. The minimum absolute atomic E-state index is 0.0191. The van der Waals surface area contributed by atoms with E-state index in [-0.39, 0.29) is 12.5 Å². The molecule has 0 fully saturated rings. The first-order valence-corrected chi connectivity index (χ1v) is 6.75. The van der Waals surface area contributed by atoms with E-state index >= 15 is 0 Å². The van der Waals surface area contributed by atoms with Gasteiger partial charge < -0.3 is 10.4 Å². The Balaban J connectivity index is 1.97. The molecule has 0 aliphatic rings. The topological polar surface area (TPSA) is 67.2 Å². The molecule has 0 bridgehead atoms. The summed E-state index contributed by atoms with van der Waals surface area (Å²) in [4.78, 5) is 12.2. The highest BCUT2D eigenvalue weighted by Gasteiger charge is 2.08. The molecule has 5 heteroatoms. The predicted octanol–water partition coefficient (Wildman–Crippen LogP) is 1.05. The monoisotopic (exact) mass is 283 g/mol. The molecule has 1 heterocycles. The highest BCUT2D eigenvalue weighted by molar-refractivity contribution is 5.96. The van der Waals surface area contributed by atoms with E-state index < -0.39 is 0 Å². The molecule has 0 unspecified atom stereocenters. The molecule has 0 radical (unpaired) electrons. The van der Waals surface area contributed by atoms with Crippen LogP contribution in [-0.4, -0.2) is 33.9 Å². The van der Waals surface area contributed by atoms with Crippen LogP contribution in [0.5, 0.6) is 0 Å². The van der Waals surface area contributed by atoms with E-state index in [1.165, 1.54) is 0 Å². The fraction of sp³-hybridized carbons (Fsp3) is 0.250. The Morgan fingerprint density at radius 2 is 2.19 bits per heavy atom. The maximum absolute atomic E-state index is 12.2. The van der Waals surface area contributed by atoms with Crippen molar-refractivity contribution in [3.8, 4) is 11.8 Å². The predicted molar refractivity (Wildman–Crippen MR) is 79.6 cm³/mol. The zero-order valence-corrected chi connectivity index (χ0v) is 11.6. The summed E-state index contributed by atoms with van der Waals surface area (Å²) in [6, 6.07) is 9.02. The van der Waals surface area contributed by atoms with Crippen LogP contribution in [0.2, 0.25) is 0 Å². The first-order valence-electron chi connectivity index (χ1n) is 6.75. The Kier molecular flexibility index (Phi) is 5.56. The summed E-state index contributed by atoms with van der Waals surface area (Å²) in [7, 11) is 0. The second kappa shape index (κ2) is 7.88. The molecule has 2 N–H and O–H groups in total. The molecule has 0 atom stereocenters. The van der Waals surface area contributed by atoms with Crippen molar-refractivity contribution in [1.82, 2.24) is 15.1 Å². The van der Waals surface area contributed by atoms with Crippen molar-refractivity contribution in [2.75, 3.05) is 13.2 Å². The Labute approximate surface area is 123 Å². The van der Waals surface area contributed by atoms with Gasteiger partial charge in [0.2, 0.25) is 0 Å². The van der Waals surface area contributed by atoms with Crippen LogP contribution in [0.4, 0.5) is 0 Å². The van der Waals surface area contributed by atoms with Crippen molar-refractivity contribution in [3.63, 3.8) is 0 Å². The maximum atomic E-state index is 12.2. The Morgan fingerprint density at radius 1 is 1.33 bits per heavy atom. The average molecular weight is 283 g/mol. The number of aromatic nitrogens is 2. The van der Waals surface area contributed by atoms with E-state index in [0.717, 1.165) is 0 Å². The SMILES string of the molecule is O=C(NCCn1cccn1)c1ccccc1C#CCCO. The lowest BCUT2D eigenvalue weighted by Crippen LogP contribution is -2.28. The molecule has 0 spiro atoms. The van der Waals surface area contributed by atoms with Gasteiger partial charge in [0.25, 0.3) is 5.91 Å². The van der Waals surface area contributed by atoms with Crippen LogP contribution in [0.25, 0.3) is 0 Å². The third-order valence-corrected chi connectivity index (χ3v) is 2.82. The second-order valence-electron chi connectivity index (χ2n) is 4.35. The van der Waals surface area contributed by atoms with E-state index in [1.54, 1.807) is 29.1 Å². The van der Waals surface area contributed by atoms with Crippen LogP contribution in [0.15, 0.2) is 42.7 Å². The third-order valence-electron chi connectivity index (χ3n) is 2.82. The van der Waals surface area contributed by atoms with Crippen molar-refractivity contribution in [1.29, 1.82) is 0 Å². The molecule has 108 valence electrons. The van der Waals surface area contributed by atoms with Crippen LogP contribution >= 0.6 is 0 Å². The molecule has 2 aromatic rings. The highest BCUT2D eigenvalue weighted by atomic mass is 16.2. The van der Waals surface area contributed by atoms with Gasteiger partial charge >= 0.3 is 0 Å². The van der Waals surface area contributed by atoms with Gasteiger partial charge in [0.15, 0.2) is 0 Å². The van der Waals surface area contributed by atoms with Gasteiger partial charge in [-0.15, -0.1) is 0 Å². The number of aliphatic hydroxyl groups excluding tert-OH is 1. The number of rotatable bonds is 5. The number of hydrogen-bond donors (Lipinski definition) is 2. The fourth-order valence-corrected chi connectivity index (χ4v) is 1.82.